The summed E-state index contributed by atoms with van der Waals surface area (Å²) in [5.74, 6) is 0.620. The predicted molar refractivity (Wildman–Crippen MR) is 90.1 cm³/mol. The molecule has 0 unspecified atom stereocenters. The van der Waals surface area contributed by atoms with E-state index in [2.05, 4.69) is 25.7 Å². The van der Waals surface area contributed by atoms with E-state index in [1.165, 1.54) is 11.3 Å². The number of rotatable bonds is 5. The lowest BCUT2D eigenvalue weighted by Gasteiger charge is -2.09. The number of nitrogens with zero attached hydrogens (tertiary/aromatic N) is 5. The molecule has 0 aliphatic carbocycles. The quantitative estimate of drug-likeness (QED) is 0.592. The molecule has 0 radical (unpaired) electrons. The van der Waals surface area contributed by atoms with Gasteiger partial charge in [-0.2, -0.15) is 4.98 Å². The second-order valence-corrected chi connectivity index (χ2v) is 6.01. The van der Waals surface area contributed by atoms with E-state index in [-0.39, 0.29) is 12.5 Å². The van der Waals surface area contributed by atoms with Gasteiger partial charge < -0.3 is 9.84 Å². The lowest BCUT2D eigenvalue weighted by atomic mass is 10.1. The summed E-state index contributed by atoms with van der Waals surface area (Å²) in [5.41, 5.74) is 1.20. The highest BCUT2D eigenvalue weighted by molar-refractivity contribution is 7.13. The fourth-order valence-electron chi connectivity index (χ4n) is 2.30. The summed E-state index contributed by atoms with van der Waals surface area (Å²) in [6.45, 7) is 0.171. The van der Waals surface area contributed by atoms with Crippen molar-refractivity contribution in [2.75, 3.05) is 0 Å². The van der Waals surface area contributed by atoms with E-state index in [1.807, 2.05) is 29.6 Å². The Hall–Kier alpha value is -3.33. The Kier molecular flexibility index (Phi) is 4.05. The maximum absolute atomic E-state index is 12.5. The van der Waals surface area contributed by atoms with E-state index < -0.39 is 0 Å². The summed E-state index contributed by atoms with van der Waals surface area (Å²) in [5, 5.41) is 16.2. The zero-order valence-electron chi connectivity index (χ0n) is 12.9. The summed E-state index contributed by atoms with van der Waals surface area (Å²) < 4.78 is 6.89. The van der Waals surface area contributed by atoms with Crippen LogP contribution < -0.4 is 5.32 Å². The van der Waals surface area contributed by atoms with Gasteiger partial charge in [0.15, 0.2) is 5.82 Å². The van der Waals surface area contributed by atoms with Gasteiger partial charge in [-0.05, 0) is 23.6 Å². The minimum absolute atomic E-state index is 0.171. The van der Waals surface area contributed by atoms with Crippen molar-refractivity contribution < 1.29 is 9.32 Å². The summed E-state index contributed by atoms with van der Waals surface area (Å²) in [6, 6.07) is 11.0. The molecule has 0 aliphatic rings. The van der Waals surface area contributed by atoms with Crippen LogP contribution in [0.15, 0.2) is 59.0 Å². The van der Waals surface area contributed by atoms with Crippen molar-refractivity contribution in [1.29, 1.82) is 0 Å². The van der Waals surface area contributed by atoms with Gasteiger partial charge in [0.2, 0.25) is 0 Å². The molecule has 124 valence electrons. The molecule has 0 spiro atoms. The monoisotopic (exact) mass is 352 g/mol. The number of carbonyl (C=O) groups is 1. The Balaban J connectivity index is 1.48. The van der Waals surface area contributed by atoms with Crippen molar-refractivity contribution in [3.8, 4) is 16.5 Å². The van der Waals surface area contributed by atoms with Gasteiger partial charge in [0, 0.05) is 0 Å². The lowest BCUT2D eigenvalue weighted by molar-refractivity contribution is 0.0949. The molecule has 1 amide bonds. The van der Waals surface area contributed by atoms with Gasteiger partial charge in [0.1, 0.15) is 12.7 Å². The summed E-state index contributed by atoms with van der Waals surface area (Å²) in [7, 11) is 0. The van der Waals surface area contributed by atoms with Gasteiger partial charge in [-0.25, -0.2) is 0 Å². The van der Waals surface area contributed by atoms with Crippen LogP contribution in [0.2, 0.25) is 0 Å². The minimum atomic E-state index is -0.244. The van der Waals surface area contributed by atoms with Crippen molar-refractivity contribution in [2.24, 2.45) is 0 Å². The maximum atomic E-state index is 12.5. The van der Waals surface area contributed by atoms with Crippen molar-refractivity contribution in [1.82, 2.24) is 30.2 Å². The third-order valence-electron chi connectivity index (χ3n) is 3.45. The molecule has 4 rings (SSSR count). The Bertz CT molecular complexity index is 978. The fourth-order valence-corrected chi connectivity index (χ4v) is 2.94. The first-order valence-corrected chi connectivity index (χ1v) is 8.28. The van der Waals surface area contributed by atoms with Crippen LogP contribution in [0.4, 0.5) is 0 Å². The van der Waals surface area contributed by atoms with Gasteiger partial charge >= 0.3 is 0 Å². The van der Waals surface area contributed by atoms with Crippen molar-refractivity contribution in [2.45, 2.75) is 6.54 Å². The molecule has 1 aromatic carbocycles. The molecular formula is C16H12N6O2S. The van der Waals surface area contributed by atoms with E-state index in [9.17, 15) is 4.79 Å². The standard InChI is InChI=1S/C16H12N6O2S/c23-15(11-4-1-2-5-12(11)22-9-18-19-10-22)17-8-14-20-16(24-21-14)13-6-3-7-25-13/h1-7,9-10H,8H2,(H,17,23). The summed E-state index contributed by atoms with van der Waals surface area (Å²) in [4.78, 5) is 17.7. The number of hydrogen-bond acceptors (Lipinski definition) is 7. The fraction of sp³-hybridized carbons (Fsp3) is 0.0625. The highest BCUT2D eigenvalue weighted by atomic mass is 32.1. The van der Waals surface area contributed by atoms with Crippen LogP contribution in [-0.4, -0.2) is 30.8 Å². The van der Waals surface area contributed by atoms with Crippen molar-refractivity contribution in [3.05, 3.63) is 65.8 Å². The highest BCUT2D eigenvalue weighted by Crippen LogP contribution is 2.22. The molecule has 0 bridgehead atoms. The third-order valence-corrected chi connectivity index (χ3v) is 4.31. The molecule has 0 aliphatic heterocycles. The average molecular weight is 352 g/mol. The number of thiophene rings is 1. The van der Waals surface area contributed by atoms with Crippen molar-refractivity contribution in [3.63, 3.8) is 0 Å². The smallest absolute Gasteiger partial charge is 0.268 e. The average Bonchev–Trinajstić information content (AvgIpc) is 3.41. The summed E-state index contributed by atoms with van der Waals surface area (Å²) >= 11 is 1.51. The molecular weight excluding hydrogens is 340 g/mol. The number of para-hydroxylation sites is 1. The highest BCUT2D eigenvalue weighted by Gasteiger charge is 2.14. The number of benzene rings is 1. The third kappa shape index (κ3) is 3.17. The van der Waals surface area contributed by atoms with Gasteiger partial charge in [0.25, 0.3) is 11.8 Å². The van der Waals surface area contributed by atoms with Crippen molar-refractivity contribution >= 4 is 17.2 Å². The topological polar surface area (TPSA) is 98.7 Å². The Morgan fingerprint density at radius 1 is 1.16 bits per heavy atom. The Labute approximate surface area is 146 Å². The second-order valence-electron chi connectivity index (χ2n) is 5.06. The van der Waals surface area contributed by atoms with Gasteiger partial charge in [0.05, 0.1) is 22.7 Å². The van der Waals surface area contributed by atoms with Crippen LogP contribution in [0.25, 0.3) is 16.5 Å². The zero-order chi connectivity index (χ0) is 17.1. The zero-order valence-corrected chi connectivity index (χ0v) is 13.7. The van der Waals surface area contributed by atoms with Crippen LogP contribution in [0, 0.1) is 0 Å². The molecule has 1 N–H and O–H groups in total. The maximum Gasteiger partial charge on any atom is 0.268 e. The van der Waals surface area contributed by atoms with Crippen LogP contribution in [-0.2, 0) is 6.54 Å². The first kappa shape index (κ1) is 15.2. The van der Waals surface area contributed by atoms with E-state index in [4.69, 9.17) is 4.52 Å². The number of carbonyl (C=O) groups excluding carboxylic acids is 1. The van der Waals surface area contributed by atoms with Crippen LogP contribution >= 0.6 is 11.3 Å². The number of amides is 1. The first-order chi connectivity index (χ1) is 12.3. The van der Waals surface area contributed by atoms with Gasteiger partial charge in [-0.15, -0.1) is 21.5 Å². The normalized spacial score (nSPS) is 10.7. The van der Waals surface area contributed by atoms with Crippen LogP contribution in [0.5, 0.6) is 0 Å². The Morgan fingerprint density at radius 2 is 2.00 bits per heavy atom. The van der Waals surface area contributed by atoms with Gasteiger partial charge in [-0.3, -0.25) is 9.36 Å². The largest absolute Gasteiger partial charge is 0.345 e. The van der Waals surface area contributed by atoms with E-state index in [0.29, 0.717) is 23.0 Å². The molecule has 9 heteroatoms. The minimum Gasteiger partial charge on any atom is -0.345 e. The molecule has 3 aromatic heterocycles. The second kappa shape index (κ2) is 6.65. The first-order valence-electron chi connectivity index (χ1n) is 7.40. The van der Waals surface area contributed by atoms with Crippen LogP contribution in [0.3, 0.4) is 0 Å². The molecule has 25 heavy (non-hydrogen) atoms. The van der Waals surface area contributed by atoms with E-state index in [0.717, 1.165) is 4.88 Å². The molecule has 4 aromatic rings. The molecule has 0 saturated carbocycles. The van der Waals surface area contributed by atoms with Gasteiger partial charge in [-0.1, -0.05) is 23.4 Å². The number of aromatic nitrogens is 5. The summed E-state index contributed by atoms with van der Waals surface area (Å²) in [6.07, 6.45) is 3.08. The van der Waals surface area contributed by atoms with E-state index in [1.54, 1.807) is 29.4 Å². The number of nitrogens with one attached hydrogen (secondary N) is 1. The number of hydrogen-bond donors (Lipinski definition) is 1. The predicted octanol–water partition coefficient (Wildman–Crippen LogP) is 2.31. The molecule has 8 nitrogen and oxygen atoms in total. The molecule has 3 heterocycles. The Morgan fingerprint density at radius 3 is 2.80 bits per heavy atom. The molecule has 0 atom stereocenters. The molecule has 0 fully saturated rings. The molecule has 0 saturated heterocycles. The van der Waals surface area contributed by atoms with Crippen LogP contribution in [0.1, 0.15) is 16.2 Å². The SMILES string of the molecule is O=C(NCc1noc(-c2cccs2)n1)c1ccccc1-n1cnnc1. The van der Waals surface area contributed by atoms with E-state index >= 15 is 0 Å². The lowest BCUT2D eigenvalue weighted by Crippen LogP contribution is -2.24.